The van der Waals surface area contributed by atoms with Crippen LogP contribution in [0.3, 0.4) is 0 Å². The molecule has 2 fully saturated rings. The number of benzene rings is 1. The first kappa shape index (κ1) is 20.4. The van der Waals surface area contributed by atoms with E-state index in [0.717, 1.165) is 6.42 Å². The molecule has 10 heteroatoms. The fraction of sp³-hybridized carbons (Fsp3) is 0.632. The molecule has 160 valence electrons. The van der Waals surface area contributed by atoms with Crippen molar-refractivity contribution in [1.29, 1.82) is 0 Å². The number of sulfonamides is 1. The van der Waals surface area contributed by atoms with E-state index in [1.807, 2.05) is 0 Å². The lowest BCUT2D eigenvalue weighted by atomic mass is 10.0. The van der Waals surface area contributed by atoms with E-state index in [1.54, 1.807) is 11.0 Å². The molecule has 1 amide bonds. The number of carbonyl (C=O) groups excluding carboxylic acids is 1. The summed E-state index contributed by atoms with van der Waals surface area (Å²) in [7, 11) is -3.75. The molecule has 1 aromatic rings. The van der Waals surface area contributed by atoms with E-state index in [1.165, 1.54) is 12.1 Å². The third-order valence-corrected chi connectivity index (χ3v) is 6.81. The molecule has 0 saturated carbocycles. The van der Waals surface area contributed by atoms with Gasteiger partial charge >= 0.3 is 0 Å². The van der Waals surface area contributed by atoms with Crippen molar-refractivity contribution >= 4 is 15.9 Å². The van der Waals surface area contributed by atoms with Crippen LogP contribution in [-0.2, 0) is 24.3 Å². The second-order valence-corrected chi connectivity index (χ2v) is 9.06. The zero-order valence-electron chi connectivity index (χ0n) is 16.2. The summed E-state index contributed by atoms with van der Waals surface area (Å²) in [6.45, 7) is 3.33. The molecule has 0 atom stereocenters. The van der Waals surface area contributed by atoms with Gasteiger partial charge in [-0.25, -0.2) is 13.1 Å². The Bertz CT molecular complexity index is 842. The first-order valence-electron chi connectivity index (χ1n) is 9.93. The van der Waals surface area contributed by atoms with E-state index in [0.29, 0.717) is 63.9 Å². The molecular weight excluding hydrogens is 400 g/mol. The van der Waals surface area contributed by atoms with Crippen molar-refractivity contribution in [3.63, 3.8) is 0 Å². The number of hydrogen-bond acceptors (Lipinski definition) is 7. The standard InChI is InChI=1S/C19H26N2O7S/c22-18(21-8-5-19(6-9-21)27-12-13-28-19)4-7-20-29(23,24)15-2-3-16-17(14-15)26-11-1-10-25-16/h2-3,14,20H,1,4-13H2. The maximum atomic E-state index is 12.6. The van der Waals surface area contributed by atoms with Gasteiger partial charge in [0.05, 0.1) is 31.3 Å². The Labute approximate surface area is 170 Å². The lowest BCUT2D eigenvalue weighted by Crippen LogP contribution is -2.47. The average molecular weight is 426 g/mol. The van der Waals surface area contributed by atoms with Crippen LogP contribution < -0.4 is 14.2 Å². The molecule has 4 rings (SSSR count). The van der Waals surface area contributed by atoms with Crippen molar-refractivity contribution in [2.45, 2.75) is 36.4 Å². The van der Waals surface area contributed by atoms with Crippen molar-refractivity contribution < 1.29 is 32.2 Å². The van der Waals surface area contributed by atoms with Crippen LogP contribution >= 0.6 is 0 Å². The van der Waals surface area contributed by atoms with E-state index < -0.39 is 15.8 Å². The minimum Gasteiger partial charge on any atom is -0.490 e. The smallest absolute Gasteiger partial charge is 0.240 e. The number of carbonyl (C=O) groups is 1. The van der Waals surface area contributed by atoms with Crippen LogP contribution in [0.1, 0.15) is 25.7 Å². The molecule has 0 radical (unpaired) electrons. The number of fused-ring (bicyclic) bond motifs is 1. The molecule has 2 saturated heterocycles. The number of hydrogen-bond donors (Lipinski definition) is 1. The van der Waals surface area contributed by atoms with Gasteiger partial charge < -0.3 is 23.8 Å². The van der Waals surface area contributed by atoms with Crippen molar-refractivity contribution in [2.24, 2.45) is 0 Å². The van der Waals surface area contributed by atoms with E-state index in [9.17, 15) is 13.2 Å². The Kier molecular flexibility index (Phi) is 5.95. The summed E-state index contributed by atoms with van der Waals surface area (Å²) >= 11 is 0. The van der Waals surface area contributed by atoms with Gasteiger partial charge in [-0.1, -0.05) is 0 Å². The van der Waals surface area contributed by atoms with E-state index >= 15 is 0 Å². The molecular formula is C19H26N2O7S. The quantitative estimate of drug-likeness (QED) is 0.746. The Morgan fingerprint density at radius 1 is 1.03 bits per heavy atom. The number of ether oxygens (including phenoxy) is 4. The monoisotopic (exact) mass is 426 g/mol. The summed E-state index contributed by atoms with van der Waals surface area (Å²) in [4.78, 5) is 14.2. The minimum absolute atomic E-state index is 0.0320. The van der Waals surface area contributed by atoms with E-state index in [-0.39, 0.29) is 23.8 Å². The molecule has 0 aromatic heterocycles. The van der Waals surface area contributed by atoms with Crippen LogP contribution in [-0.4, -0.2) is 71.1 Å². The van der Waals surface area contributed by atoms with E-state index in [4.69, 9.17) is 18.9 Å². The zero-order chi connectivity index (χ0) is 20.3. The van der Waals surface area contributed by atoms with Gasteiger partial charge in [0, 0.05) is 51.4 Å². The molecule has 1 aromatic carbocycles. The Hall–Kier alpha value is -1.88. The predicted molar refractivity (Wildman–Crippen MR) is 102 cm³/mol. The van der Waals surface area contributed by atoms with Gasteiger partial charge in [0.1, 0.15) is 0 Å². The van der Waals surface area contributed by atoms with Gasteiger partial charge in [-0.3, -0.25) is 4.79 Å². The number of nitrogens with zero attached hydrogens (tertiary/aromatic N) is 1. The number of amides is 1. The maximum absolute atomic E-state index is 12.6. The molecule has 0 aliphatic carbocycles. The van der Waals surface area contributed by atoms with E-state index in [2.05, 4.69) is 4.72 Å². The predicted octanol–water partition coefficient (Wildman–Crippen LogP) is 0.882. The summed E-state index contributed by atoms with van der Waals surface area (Å²) in [6, 6.07) is 4.52. The van der Waals surface area contributed by atoms with Crippen molar-refractivity contribution in [2.75, 3.05) is 46.1 Å². The summed E-state index contributed by atoms with van der Waals surface area (Å²) in [5.74, 6) is 0.337. The second-order valence-electron chi connectivity index (χ2n) is 7.30. The van der Waals surface area contributed by atoms with Gasteiger partial charge in [-0.05, 0) is 12.1 Å². The molecule has 9 nitrogen and oxygen atoms in total. The number of rotatable bonds is 5. The fourth-order valence-electron chi connectivity index (χ4n) is 3.73. The molecule has 0 unspecified atom stereocenters. The zero-order valence-corrected chi connectivity index (χ0v) is 17.0. The van der Waals surface area contributed by atoms with Gasteiger partial charge in [0.15, 0.2) is 17.3 Å². The normalized spacial score (nSPS) is 21.2. The summed E-state index contributed by atoms with van der Waals surface area (Å²) in [5, 5.41) is 0. The molecule has 1 N–H and O–H groups in total. The Morgan fingerprint density at radius 3 is 2.45 bits per heavy atom. The van der Waals surface area contributed by atoms with Crippen LogP contribution in [0.25, 0.3) is 0 Å². The number of nitrogens with one attached hydrogen (secondary N) is 1. The third-order valence-electron chi connectivity index (χ3n) is 5.35. The van der Waals surface area contributed by atoms with Crippen molar-refractivity contribution in [3.05, 3.63) is 18.2 Å². The maximum Gasteiger partial charge on any atom is 0.240 e. The highest BCUT2D eigenvalue weighted by atomic mass is 32.2. The lowest BCUT2D eigenvalue weighted by molar-refractivity contribution is -0.187. The highest BCUT2D eigenvalue weighted by Gasteiger charge is 2.40. The van der Waals surface area contributed by atoms with Crippen LogP contribution in [0.15, 0.2) is 23.1 Å². The van der Waals surface area contributed by atoms with Crippen molar-refractivity contribution in [1.82, 2.24) is 9.62 Å². The third kappa shape index (κ3) is 4.66. The topological polar surface area (TPSA) is 103 Å². The largest absolute Gasteiger partial charge is 0.490 e. The second kappa shape index (κ2) is 8.47. The lowest BCUT2D eigenvalue weighted by Gasteiger charge is -2.37. The Morgan fingerprint density at radius 2 is 1.72 bits per heavy atom. The van der Waals surface area contributed by atoms with Gasteiger partial charge in [0.25, 0.3) is 0 Å². The molecule has 3 aliphatic heterocycles. The van der Waals surface area contributed by atoms with Crippen LogP contribution in [0.5, 0.6) is 11.5 Å². The number of piperidine rings is 1. The molecule has 29 heavy (non-hydrogen) atoms. The molecule has 1 spiro atoms. The number of likely N-dealkylation sites (tertiary alicyclic amines) is 1. The Balaban J connectivity index is 1.28. The fourth-order valence-corrected chi connectivity index (χ4v) is 4.77. The minimum atomic E-state index is -3.75. The van der Waals surface area contributed by atoms with Gasteiger partial charge in [-0.2, -0.15) is 0 Å². The molecule has 3 heterocycles. The SMILES string of the molecule is O=C(CCNS(=O)(=O)c1ccc2c(c1)OCCCO2)N1CCC2(CC1)OCCO2. The molecule has 0 bridgehead atoms. The molecule has 3 aliphatic rings. The summed E-state index contributed by atoms with van der Waals surface area (Å²) in [6.07, 6.45) is 2.12. The van der Waals surface area contributed by atoms with Gasteiger partial charge in [-0.15, -0.1) is 0 Å². The van der Waals surface area contributed by atoms with Crippen LogP contribution in [0, 0.1) is 0 Å². The highest BCUT2D eigenvalue weighted by molar-refractivity contribution is 7.89. The van der Waals surface area contributed by atoms with Crippen molar-refractivity contribution in [3.8, 4) is 11.5 Å². The average Bonchev–Trinajstić information content (AvgIpc) is 3.03. The first-order valence-corrected chi connectivity index (χ1v) is 11.4. The summed E-state index contributed by atoms with van der Waals surface area (Å²) in [5.41, 5.74) is 0. The highest BCUT2D eigenvalue weighted by Crippen LogP contribution is 2.32. The van der Waals surface area contributed by atoms with Crippen LogP contribution in [0.2, 0.25) is 0 Å². The first-order chi connectivity index (χ1) is 14.0. The van der Waals surface area contributed by atoms with Gasteiger partial charge in [0.2, 0.25) is 15.9 Å². The summed E-state index contributed by atoms with van der Waals surface area (Å²) < 4.78 is 50.0. The van der Waals surface area contributed by atoms with Crippen LogP contribution in [0.4, 0.5) is 0 Å².